The Bertz CT molecular complexity index is 1190. The predicted molar refractivity (Wildman–Crippen MR) is 111 cm³/mol. The van der Waals surface area contributed by atoms with Crippen molar-refractivity contribution in [2.24, 2.45) is 7.05 Å². The largest absolute Gasteiger partial charge is 0.454 e. The van der Waals surface area contributed by atoms with E-state index in [2.05, 4.69) is 20.2 Å². The number of benzene rings is 1. The van der Waals surface area contributed by atoms with Crippen LogP contribution in [0, 0.1) is 0 Å². The van der Waals surface area contributed by atoms with Gasteiger partial charge in [0.2, 0.25) is 6.79 Å². The average molecular weight is 420 g/mol. The van der Waals surface area contributed by atoms with E-state index in [1.54, 1.807) is 4.90 Å². The second kappa shape index (κ2) is 7.71. The Morgan fingerprint density at radius 2 is 1.74 bits per heavy atom. The molecule has 2 aromatic heterocycles. The Morgan fingerprint density at radius 3 is 2.48 bits per heavy atom. The maximum Gasteiger partial charge on any atom is 0.274 e. The van der Waals surface area contributed by atoms with Crippen LogP contribution in [0.2, 0.25) is 0 Å². The van der Waals surface area contributed by atoms with Gasteiger partial charge in [-0.3, -0.25) is 9.59 Å². The second-order valence-corrected chi connectivity index (χ2v) is 7.30. The number of rotatable bonds is 3. The van der Waals surface area contributed by atoms with E-state index in [1.807, 2.05) is 30.3 Å². The third-order valence-corrected chi connectivity index (χ3v) is 5.39. The van der Waals surface area contributed by atoms with Crippen molar-refractivity contribution in [3.05, 3.63) is 58.5 Å². The van der Waals surface area contributed by atoms with Crippen LogP contribution >= 0.6 is 0 Å². The fourth-order valence-corrected chi connectivity index (χ4v) is 3.62. The van der Waals surface area contributed by atoms with Gasteiger partial charge in [0.1, 0.15) is 5.69 Å². The minimum Gasteiger partial charge on any atom is -0.454 e. The molecule has 0 aliphatic carbocycles. The highest BCUT2D eigenvalue weighted by atomic mass is 16.7. The number of aromatic nitrogens is 4. The molecule has 10 nitrogen and oxygen atoms in total. The van der Waals surface area contributed by atoms with Gasteiger partial charge in [-0.05, 0) is 36.4 Å². The predicted octanol–water partition coefficient (Wildman–Crippen LogP) is 0.928. The molecule has 0 N–H and O–H groups in total. The normalized spacial score (nSPS) is 15.3. The van der Waals surface area contributed by atoms with Gasteiger partial charge < -0.3 is 19.3 Å². The van der Waals surface area contributed by atoms with Crippen molar-refractivity contribution in [3.63, 3.8) is 0 Å². The molecule has 1 aromatic carbocycles. The van der Waals surface area contributed by atoms with Crippen LogP contribution in [0.5, 0.6) is 11.5 Å². The van der Waals surface area contributed by atoms with Crippen LogP contribution in [0.25, 0.3) is 11.3 Å². The summed E-state index contributed by atoms with van der Waals surface area (Å²) in [6.45, 7) is 2.57. The summed E-state index contributed by atoms with van der Waals surface area (Å²) in [5.74, 6) is 2.02. The minimum atomic E-state index is -0.246. The lowest BCUT2D eigenvalue weighted by Crippen LogP contribution is -2.49. The highest BCUT2D eigenvalue weighted by Crippen LogP contribution is 2.35. The van der Waals surface area contributed by atoms with E-state index in [0.29, 0.717) is 31.9 Å². The van der Waals surface area contributed by atoms with E-state index in [1.165, 1.54) is 23.9 Å². The van der Waals surface area contributed by atoms with E-state index < -0.39 is 0 Å². The third kappa shape index (κ3) is 3.67. The van der Waals surface area contributed by atoms with Gasteiger partial charge in [0.15, 0.2) is 17.3 Å². The van der Waals surface area contributed by atoms with E-state index >= 15 is 0 Å². The summed E-state index contributed by atoms with van der Waals surface area (Å²) in [7, 11) is 1.53. The maximum atomic E-state index is 12.7. The number of carbonyl (C=O) groups excluding carboxylic acids is 1. The topological polar surface area (TPSA) is 103 Å². The zero-order chi connectivity index (χ0) is 21.4. The van der Waals surface area contributed by atoms with E-state index in [4.69, 9.17) is 9.47 Å². The smallest absolute Gasteiger partial charge is 0.274 e. The fourth-order valence-electron chi connectivity index (χ4n) is 3.62. The van der Waals surface area contributed by atoms with Crippen LogP contribution < -0.4 is 19.9 Å². The Labute approximate surface area is 177 Å². The standard InChI is InChI=1S/C21H20N6O4/c1-25-20(28)7-4-16(24-25)21(29)27-10-8-26(9-11-27)19-6-3-15(22-23-19)14-2-5-17-18(12-14)31-13-30-17/h2-7,12H,8-11,13H2,1H3. The molecule has 31 heavy (non-hydrogen) atoms. The van der Waals surface area contributed by atoms with Crippen molar-refractivity contribution < 1.29 is 14.3 Å². The summed E-state index contributed by atoms with van der Waals surface area (Å²) >= 11 is 0. The number of anilines is 1. The number of amides is 1. The van der Waals surface area contributed by atoms with Gasteiger partial charge in [-0.2, -0.15) is 5.10 Å². The number of nitrogens with zero attached hydrogens (tertiary/aromatic N) is 6. The molecule has 5 rings (SSSR count). The van der Waals surface area contributed by atoms with E-state index in [-0.39, 0.29) is 24.0 Å². The Balaban J connectivity index is 1.24. The summed E-state index contributed by atoms with van der Waals surface area (Å²) < 4.78 is 11.9. The van der Waals surface area contributed by atoms with Gasteiger partial charge >= 0.3 is 0 Å². The van der Waals surface area contributed by atoms with Gasteiger partial charge in [0, 0.05) is 44.9 Å². The van der Waals surface area contributed by atoms with Crippen molar-refractivity contribution in [2.45, 2.75) is 0 Å². The van der Waals surface area contributed by atoms with Crippen molar-refractivity contribution in [3.8, 4) is 22.8 Å². The number of fused-ring (bicyclic) bond motifs is 1. The number of hydrogen-bond donors (Lipinski definition) is 0. The SMILES string of the molecule is Cn1nc(C(=O)N2CCN(c3ccc(-c4ccc5c(c4)OCO5)nn3)CC2)ccc1=O. The monoisotopic (exact) mass is 420 g/mol. The number of hydrogen-bond acceptors (Lipinski definition) is 8. The number of aryl methyl sites for hydroxylation is 1. The maximum absolute atomic E-state index is 12.7. The first-order valence-electron chi connectivity index (χ1n) is 9.91. The average Bonchev–Trinajstić information content (AvgIpc) is 3.29. The van der Waals surface area contributed by atoms with Crippen LogP contribution in [0.15, 0.2) is 47.3 Å². The van der Waals surface area contributed by atoms with E-state index in [9.17, 15) is 9.59 Å². The number of ether oxygens (including phenoxy) is 2. The molecule has 0 atom stereocenters. The molecule has 3 aromatic rings. The lowest BCUT2D eigenvalue weighted by Gasteiger charge is -2.35. The second-order valence-electron chi connectivity index (χ2n) is 7.30. The molecule has 0 unspecified atom stereocenters. The van der Waals surface area contributed by atoms with Crippen LogP contribution in [0.3, 0.4) is 0 Å². The van der Waals surface area contributed by atoms with Crippen LogP contribution in [0.1, 0.15) is 10.5 Å². The first kappa shape index (κ1) is 19.0. The minimum absolute atomic E-state index is 0.181. The first-order valence-corrected chi connectivity index (χ1v) is 9.91. The Kier molecular flexibility index (Phi) is 4.73. The molecule has 0 radical (unpaired) electrons. The van der Waals surface area contributed by atoms with Crippen molar-refractivity contribution in [2.75, 3.05) is 37.9 Å². The van der Waals surface area contributed by atoms with Crippen molar-refractivity contribution in [1.82, 2.24) is 24.9 Å². The van der Waals surface area contributed by atoms with Crippen LogP contribution in [-0.4, -0.2) is 63.8 Å². The number of piperazine rings is 1. The van der Waals surface area contributed by atoms with Gasteiger partial charge in [-0.1, -0.05) is 0 Å². The molecular weight excluding hydrogens is 400 g/mol. The van der Waals surface area contributed by atoms with Gasteiger partial charge in [-0.15, -0.1) is 10.2 Å². The highest BCUT2D eigenvalue weighted by Gasteiger charge is 2.24. The van der Waals surface area contributed by atoms with Crippen molar-refractivity contribution in [1.29, 1.82) is 0 Å². The quantitative estimate of drug-likeness (QED) is 0.617. The molecular formula is C21H20N6O4. The van der Waals surface area contributed by atoms with Crippen LogP contribution in [0.4, 0.5) is 5.82 Å². The molecule has 2 aliphatic heterocycles. The molecule has 10 heteroatoms. The lowest BCUT2D eigenvalue weighted by atomic mass is 10.1. The summed E-state index contributed by atoms with van der Waals surface area (Å²) in [4.78, 5) is 28.0. The molecule has 0 bridgehead atoms. The zero-order valence-electron chi connectivity index (χ0n) is 16.9. The Morgan fingerprint density at radius 1 is 0.935 bits per heavy atom. The first-order chi connectivity index (χ1) is 15.1. The van der Waals surface area contributed by atoms with Crippen LogP contribution in [-0.2, 0) is 7.05 Å². The summed E-state index contributed by atoms with van der Waals surface area (Å²) in [5.41, 5.74) is 1.67. The third-order valence-electron chi connectivity index (χ3n) is 5.39. The van der Waals surface area contributed by atoms with Gasteiger partial charge in [0.25, 0.3) is 11.5 Å². The summed E-state index contributed by atoms with van der Waals surface area (Å²) in [5, 5.41) is 12.8. The van der Waals surface area contributed by atoms with Gasteiger partial charge in [0.05, 0.1) is 5.69 Å². The molecule has 4 heterocycles. The molecule has 1 amide bonds. The summed E-state index contributed by atoms with van der Waals surface area (Å²) in [6, 6.07) is 12.4. The highest BCUT2D eigenvalue weighted by molar-refractivity contribution is 5.92. The zero-order valence-corrected chi connectivity index (χ0v) is 16.9. The van der Waals surface area contributed by atoms with E-state index in [0.717, 1.165) is 22.8 Å². The summed E-state index contributed by atoms with van der Waals surface area (Å²) in [6.07, 6.45) is 0. The lowest BCUT2D eigenvalue weighted by molar-refractivity contribution is 0.0738. The van der Waals surface area contributed by atoms with Gasteiger partial charge in [-0.25, -0.2) is 4.68 Å². The van der Waals surface area contributed by atoms with Crippen molar-refractivity contribution >= 4 is 11.7 Å². The Hall–Kier alpha value is -3.95. The number of carbonyl (C=O) groups is 1. The molecule has 158 valence electrons. The molecule has 0 spiro atoms. The molecule has 1 fully saturated rings. The fraction of sp³-hybridized carbons (Fsp3) is 0.286. The molecule has 0 saturated carbocycles. The molecule has 2 aliphatic rings. The molecule has 1 saturated heterocycles.